The Morgan fingerprint density at radius 3 is 2.58 bits per heavy atom. The van der Waals surface area contributed by atoms with Crippen molar-refractivity contribution in [3.05, 3.63) is 46.4 Å². The number of benzene rings is 1. The second-order valence-corrected chi connectivity index (χ2v) is 4.79. The number of carbonyl (C=O) groups excluding carboxylic acids is 1. The zero-order chi connectivity index (χ0) is 14.0. The summed E-state index contributed by atoms with van der Waals surface area (Å²) in [5.41, 5.74) is 0.452. The second kappa shape index (κ2) is 5.26. The number of amides is 1. The van der Waals surface area contributed by atoms with Gasteiger partial charge in [0, 0.05) is 30.1 Å². The Morgan fingerprint density at radius 1 is 1.32 bits per heavy atom. The number of hydrogen-bond acceptors (Lipinski definition) is 2. The van der Waals surface area contributed by atoms with Crippen LogP contribution < -0.4 is 10.9 Å². The molecule has 4 nitrogen and oxygen atoms in total. The molecule has 1 aromatic carbocycles. The lowest BCUT2D eigenvalue weighted by atomic mass is 10.1. The van der Waals surface area contributed by atoms with E-state index in [0.717, 1.165) is 6.42 Å². The van der Waals surface area contributed by atoms with E-state index in [4.69, 9.17) is 0 Å². The molecular formula is C15H18N2O2. The van der Waals surface area contributed by atoms with Gasteiger partial charge in [-0.25, -0.2) is 0 Å². The molecule has 1 heterocycles. The zero-order valence-electron chi connectivity index (χ0n) is 11.4. The quantitative estimate of drug-likeness (QED) is 0.916. The Hall–Kier alpha value is -2.10. The van der Waals surface area contributed by atoms with Gasteiger partial charge in [-0.2, -0.15) is 0 Å². The molecule has 100 valence electrons. The molecule has 0 radical (unpaired) electrons. The summed E-state index contributed by atoms with van der Waals surface area (Å²) in [5.74, 6) is -0.138. The summed E-state index contributed by atoms with van der Waals surface area (Å²) in [6.07, 6.45) is 2.47. The van der Waals surface area contributed by atoms with Crippen LogP contribution in [0.15, 0.2) is 35.3 Å². The molecule has 1 atom stereocenters. The average Bonchev–Trinajstić information content (AvgIpc) is 2.42. The van der Waals surface area contributed by atoms with Crippen molar-refractivity contribution in [1.29, 1.82) is 0 Å². The van der Waals surface area contributed by atoms with Crippen molar-refractivity contribution in [2.24, 2.45) is 7.05 Å². The van der Waals surface area contributed by atoms with Crippen molar-refractivity contribution in [2.45, 2.75) is 26.3 Å². The fraction of sp³-hybridized carbons (Fsp3) is 0.333. The Morgan fingerprint density at radius 2 is 1.95 bits per heavy atom. The molecule has 2 rings (SSSR count). The van der Waals surface area contributed by atoms with E-state index in [1.807, 2.05) is 26.0 Å². The van der Waals surface area contributed by atoms with Crippen molar-refractivity contribution in [2.75, 3.05) is 0 Å². The van der Waals surface area contributed by atoms with Crippen LogP contribution in [0.4, 0.5) is 0 Å². The molecule has 1 unspecified atom stereocenters. The number of aryl methyl sites for hydroxylation is 1. The fourth-order valence-corrected chi connectivity index (χ4v) is 2.00. The number of carbonyl (C=O) groups is 1. The summed E-state index contributed by atoms with van der Waals surface area (Å²) in [5, 5.41) is 4.20. The number of aromatic nitrogens is 1. The fourth-order valence-electron chi connectivity index (χ4n) is 2.00. The van der Waals surface area contributed by atoms with Gasteiger partial charge in [0.25, 0.3) is 11.5 Å². The minimum atomic E-state index is -0.138. The molecule has 2 aromatic rings. The normalized spacial score (nSPS) is 12.4. The van der Waals surface area contributed by atoms with Crippen molar-refractivity contribution in [1.82, 2.24) is 9.88 Å². The van der Waals surface area contributed by atoms with Gasteiger partial charge in [-0.05, 0) is 19.4 Å². The van der Waals surface area contributed by atoms with E-state index in [0.29, 0.717) is 16.3 Å². The first-order chi connectivity index (χ1) is 9.04. The van der Waals surface area contributed by atoms with Crippen LogP contribution in [0, 0.1) is 0 Å². The number of fused-ring (bicyclic) bond motifs is 1. The van der Waals surface area contributed by atoms with Gasteiger partial charge < -0.3 is 9.88 Å². The van der Waals surface area contributed by atoms with E-state index >= 15 is 0 Å². The summed E-state index contributed by atoms with van der Waals surface area (Å²) < 4.78 is 1.45. The highest BCUT2D eigenvalue weighted by Gasteiger charge is 2.14. The molecule has 0 fully saturated rings. The van der Waals surface area contributed by atoms with E-state index < -0.39 is 0 Å². The van der Waals surface area contributed by atoms with Crippen LogP contribution in [0.5, 0.6) is 0 Å². The summed E-state index contributed by atoms with van der Waals surface area (Å²) in [6.45, 7) is 3.98. The maximum absolute atomic E-state index is 12.3. The third-order valence-corrected chi connectivity index (χ3v) is 3.33. The van der Waals surface area contributed by atoms with Crippen LogP contribution in [0.3, 0.4) is 0 Å². The molecular weight excluding hydrogens is 240 g/mol. The van der Waals surface area contributed by atoms with Gasteiger partial charge in [0.1, 0.15) is 0 Å². The van der Waals surface area contributed by atoms with Crippen LogP contribution in [0.25, 0.3) is 10.8 Å². The van der Waals surface area contributed by atoms with Crippen LogP contribution in [0.1, 0.15) is 30.6 Å². The Kier molecular flexibility index (Phi) is 3.69. The van der Waals surface area contributed by atoms with Crippen molar-refractivity contribution in [3.63, 3.8) is 0 Å². The highest BCUT2D eigenvalue weighted by Crippen LogP contribution is 2.15. The van der Waals surface area contributed by atoms with Gasteiger partial charge in [0.05, 0.1) is 5.56 Å². The molecule has 0 aliphatic heterocycles. The van der Waals surface area contributed by atoms with Gasteiger partial charge in [-0.3, -0.25) is 9.59 Å². The smallest absolute Gasteiger partial charge is 0.258 e. The molecule has 1 aromatic heterocycles. The van der Waals surface area contributed by atoms with E-state index in [1.54, 1.807) is 25.4 Å². The average molecular weight is 258 g/mol. The number of hydrogen-bond donors (Lipinski definition) is 1. The SMILES string of the molecule is CCC(C)NC(=O)c1cn(C)c(=O)c2ccccc12. The van der Waals surface area contributed by atoms with E-state index in [1.165, 1.54) is 4.57 Å². The monoisotopic (exact) mass is 258 g/mol. The summed E-state index contributed by atoms with van der Waals surface area (Å²) in [4.78, 5) is 24.3. The lowest BCUT2D eigenvalue weighted by molar-refractivity contribution is 0.0940. The highest BCUT2D eigenvalue weighted by molar-refractivity contribution is 6.06. The molecule has 0 saturated heterocycles. The van der Waals surface area contributed by atoms with Gasteiger partial charge in [0.15, 0.2) is 0 Å². The number of pyridine rings is 1. The van der Waals surface area contributed by atoms with Crippen LogP contribution >= 0.6 is 0 Å². The van der Waals surface area contributed by atoms with Crippen LogP contribution in [-0.2, 0) is 7.05 Å². The van der Waals surface area contributed by atoms with E-state index in [2.05, 4.69) is 5.32 Å². The molecule has 0 aliphatic rings. The maximum atomic E-state index is 12.3. The molecule has 0 saturated carbocycles. The molecule has 0 bridgehead atoms. The van der Waals surface area contributed by atoms with Gasteiger partial charge in [0.2, 0.25) is 0 Å². The highest BCUT2D eigenvalue weighted by atomic mass is 16.2. The third-order valence-electron chi connectivity index (χ3n) is 3.33. The lowest BCUT2D eigenvalue weighted by Crippen LogP contribution is -2.33. The number of nitrogens with zero attached hydrogens (tertiary/aromatic N) is 1. The maximum Gasteiger partial charge on any atom is 0.258 e. The van der Waals surface area contributed by atoms with Crippen molar-refractivity contribution < 1.29 is 4.79 Å². The van der Waals surface area contributed by atoms with Crippen molar-refractivity contribution >= 4 is 16.7 Å². The van der Waals surface area contributed by atoms with Gasteiger partial charge in [-0.15, -0.1) is 0 Å². The standard InChI is InChI=1S/C15H18N2O2/c1-4-10(2)16-14(18)13-9-17(3)15(19)12-8-6-5-7-11(12)13/h5-10H,4H2,1-3H3,(H,16,18). The molecule has 1 amide bonds. The molecule has 0 spiro atoms. The third kappa shape index (κ3) is 2.52. The second-order valence-electron chi connectivity index (χ2n) is 4.79. The topological polar surface area (TPSA) is 51.1 Å². The Labute approximate surface area is 112 Å². The number of rotatable bonds is 3. The molecule has 1 N–H and O–H groups in total. The predicted molar refractivity (Wildman–Crippen MR) is 76.4 cm³/mol. The summed E-state index contributed by atoms with van der Waals surface area (Å²) >= 11 is 0. The predicted octanol–water partition coefficient (Wildman–Crippen LogP) is 2.07. The Bertz CT molecular complexity index is 673. The minimum Gasteiger partial charge on any atom is -0.350 e. The minimum absolute atomic E-state index is 0.0873. The zero-order valence-corrected chi connectivity index (χ0v) is 11.4. The van der Waals surface area contributed by atoms with Gasteiger partial charge >= 0.3 is 0 Å². The summed E-state index contributed by atoms with van der Waals surface area (Å²) in [6, 6.07) is 7.31. The first-order valence-corrected chi connectivity index (χ1v) is 6.43. The molecule has 0 aliphatic carbocycles. The van der Waals surface area contributed by atoms with Crippen LogP contribution in [0.2, 0.25) is 0 Å². The van der Waals surface area contributed by atoms with Crippen molar-refractivity contribution in [3.8, 4) is 0 Å². The lowest BCUT2D eigenvalue weighted by Gasteiger charge is -2.13. The largest absolute Gasteiger partial charge is 0.350 e. The Balaban J connectivity index is 2.58. The molecule has 19 heavy (non-hydrogen) atoms. The first-order valence-electron chi connectivity index (χ1n) is 6.43. The van der Waals surface area contributed by atoms with Gasteiger partial charge in [-0.1, -0.05) is 25.1 Å². The first kappa shape index (κ1) is 13.3. The summed E-state index contributed by atoms with van der Waals surface area (Å²) in [7, 11) is 1.66. The van der Waals surface area contributed by atoms with E-state index in [9.17, 15) is 9.59 Å². The number of nitrogens with one attached hydrogen (secondary N) is 1. The van der Waals surface area contributed by atoms with E-state index in [-0.39, 0.29) is 17.5 Å². The molecule has 4 heteroatoms. The van der Waals surface area contributed by atoms with Crippen LogP contribution in [-0.4, -0.2) is 16.5 Å².